The van der Waals surface area contributed by atoms with E-state index in [1.807, 2.05) is 0 Å². The number of carboxylic acid groups (broad SMARTS) is 2. The molecule has 0 heterocycles. The standard InChI is InChI=1S/C15H26N4O8/c1-7(2)3-10(15(26)27)18-11(21)5-17-14(25)9(4-12(22)23)19-13(24)8(16)6-20/h7-10,20H,3-6,16H2,1-2H3,(H,17,25)(H,18,21)(H,19,24)(H,22,23)(H,26,27). The van der Waals surface area contributed by atoms with Gasteiger partial charge in [0, 0.05) is 0 Å². The lowest BCUT2D eigenvalue weighted by Gasteiger charge is -2.19. The number of nitrogens with one attached hydrogen (secondary N) is 3. The second-order valence-electron chi connectivity index (χ2n) is 6.25. The van der Waals surface area contributed by atoms with Crippen molar-refractivity contribution in [2.75, 3.05) is 13.2 Å². The molecule has 27 heavy (non-hydrogen) atoms. The molecule has 0 bridgehead atoms. The van der Waals surface area contributed by atoms with Gasteiger partial charge in [0.1, 0.15) is 18.1 Å². The normalized spacial score (nSPS) is 14.0. The third-order valence-corrected chi connectivity index (χ3v) is 3.31. The molecule has 0 fully saturated rings. The van der Waals surface area contributed by atoms with Crippen LogP contribution < -0.4 is 21.7 Å². The van der Waals surface area contributed by atoms with E-state index in [2.05, 4.69) is 16.0 Å². The summed E-state index contributed by atoms with van der Waals surface area (Å²) in [6.45, 7) is 2.24. The van der Waals surface area contributed by atoms with E-state index in [4.69, 9.17) is 21.1 Å². The summed E-state index contributed by atoms with van der Waals surface area (Å²) >= 11 is 0. The number of rotatable bonds is 12. The van der Waals surface area contributed by atoms with E-state index in [1.165, 1.54) is 0 Å². The lowest BCUT2D eigenvalue weighted by molar-refractivity contribution is -0.143. The van der Waals surface area contributed by atoms with Crippen LogP contribution in [0.2, 0.25) is 0 Å². The highest BCUT2D eigenvalue weighted by Gasteiger charge is 2.27. The number of hydrogen-bond acceptors (Lipinski definition) is 7. The summed E-state index contributed by atoms with van der Waals surface area (Å²) in [6, 6.07) is -4.00. The second-order valence-corrected chi connectivity index (χ2v) is 6.25. The number of carbonyl (C=O) groups excluding carboxylic acids is 3. The fourth-order valence-electron chi connectivity index (χ4n) is 1.97. The Hall–Kier alpha value is -2.73. The third-order valence-electron chi connectivity index (χ3n) is 3.31. The molecule has 12 nitrogen and oxygen atoms in total. The number of hydrogen-bond donors (Lipinski definition) is 7. The number of carbonyl (C=O) groups is 5. The summed E-state index contributed by atoms with van der Waals surface area (Å²) in [6.07, 6.45) is -0.589. The van der Waals surface area contributed by atoms with Crippen LogP contribution in [0.5, 0.6) is 0 Å². The lowest BCUT2D eigenvalue weighted by Crippen LogP contribution is -2.54. The van der Waals surface area contributed by atoms with Gasteiger partial charge in [-0.3, -0.25) is 19.2 Å². The van der Waals surface area contributed by atoms with Crippen LogP contribution in [0.3, 0.4) is 0 Å². The number of aliphatic hydroxyl groups excluding tert-OH is 1. The van der Waals surface area contributed by atoms with Crippen molar-refractivity contribution in [1.82, 2.24) is 16.0 Å². The quantitative estimate of drug-likeness (QED) is 0.181. The molecule has 8 N–H and O–H groups in total. The summed E-state index contributed by atoms with van der Waals surface area (Å²) in [4.78, 5) is 57.4. The van der Waals surface area contributed by atoms with E-state index >= 15 is 0 Å². The Morgan fingerprint density at radius 3 is 2.00 bits per heavy atom. The largest absolute Gasteiger partial charge is 0.481 e. The maximum atomic E-state index is 12.0. The molecule has 0 spiro atoms. The predicted molar refractivity (Wildman–Crippen MR) is 91.3 cm³/mol. The second kappa shape index (κ2) is 11.8. The van der Waals surface area contributed by atoms with Crippen LogP contribution in [0.1, 0.15) is 26.7 Å². The Balaban J connectivity index is 4.78. The van der Waals surface area contributed by atoms with Gasteiger partial charge in [0.2, 0.25) is 17.7 Å². The van der Waals surface area contributed by atoms with Gasteiger partial charge in [0.25, 0.3) is 0 Å². The summed E-state index contributed by atoms with van der Waals surface area (Å²) in [7, 11) is 0. The van der Waals surface area contributed by atoms with Gasteiger partial charge in [0.05, 0.1) is 19.6 Å². The van der Waals surface area contributed by atoms with Crippen molar-refractivity contribution in [2.24, 2.45) is 11.7 Å². The molecule has 3 atom stereocenters. The van der Waals surface area contributed by atoms with Crippen LogP contribution in [0, 0.1) is 5.92 Å². The number of carboxylic acids is 2. The van der Waals surface area contributed by atoms with E-state index in [-0.39, 0.29) is 12.3 Å². The zero-order valence-corrected chi connectivity index (χ0v) is 15.1. The first-order valence-corrected chi connectivity index (χ1v) is 8.16. The zero-order chi connectivity index (χ0) is 21.1. The summed E-state index contributed by atoms with van der Waals surface area (Å²) < 4.78 is 0. The average Bonchev–Trinajstić information content (AvgIpc) is 2.56. The molecule has 3 amide bonds. The Labute approximate surface area is 155 Å². The highest BCUT2D eigenvalue weighted by atomic mass is 16.4. The molecule has 0 radical (unpaired) electrons. The van der Waals surface area contributed by atoms with Crippen molar-refractivity contribution in [3.63, 3.8) is 0 Å². The third kappa shape index (κ3) is 10.1. The number of aliphatic hydroxyl groups is 1. The van der Waals surface area contributed by atoms with Crippen molar-refractivity contribution < 1.29 is 39.3 Å². The summed E-state index contributed by atoms with van der Waals surface area (Å²) in [5.41, 5.74) is 5.28. The lowest BCUT2D eigenvalue weighted by atomic mass is 10.0. The highest BCUT2D eigenvalue weighted by Crippen LogP contribution is 2.04. The number of nitrogens with two attached hydrogens (primary N) is 1. The average molecular weight is 390 g/mol. The maximum absolute atomic E-state index is 12.0. The van der Waals surface area contributed by atoms with Crippen molar-refractivity contribution in [3.05, 3.63) is 0 Å². The molecule has 0 aliphatic rings. The Bertz CT molecular complexity index is 566. The molecule has 0 aromatic heterocycles. The SMILES string of the molecule is CC(C)CC(NC(=O)CNC(=O)C(CC(=O)O)NC(=O)C(N)CO)C(=O)O. The van der Waals surface area contributed by atoms with Gasteiger partial charge in [-0.25, -0.2) is 4.79 Å². The van der Waals surface area contributed by atoms with Gasteiger partial charge in [-0.05, 0) is 12.3 Å². The molecular weight excluding hydrogens is 364 g/mol. The number of aliphatic carboxylic acids is 2. The summed E-state index contributed by atoms with van der Waals surface area (Å²) in [5.74, 6) is -5.30. The van der Waals surface area contributed by atoms with Crippen LogP contribution in [0.4, 0.5) is 0 Å². The molecule has 0 saturated carbocycles. The molecule has 0 saturated heterocycles. The molecular formula is C15H26N4O8. The van der Waals surface area contributed by atoms with Crippen molar-refractivity contribution >= 4 is 29.7 Å². The first-order valence-electron chi connectivity index (χ1n) is 8.16. The first-order chi connectivity index (χ1) is 12.5. The maximum Gasteiger partial charge on any atom is 0.326 e. The van der Waals surface area contributed by atoms with Gasteiger partial charge < -0.3 is 37.0 Å². The molecule has 12 heteroatoms. The van der Waals surface area contributed by atoms with Crippen LogP contribution in [0.25, 0.3) is 0 Å². The van der Waals surface area contributed by atoms with E-state index in [9.17, 15) is 24.0 Å². The smallest absolute Gasteiger partial charge is 0.326 e. The zero-order valence-electron chi connectivity index (χ0n) is 15.1. The summed E-state index contributed by atoms with van der Waals surface area (Å²) in [5, 5.41) is 33.1. The van der Waals surface area contributed by atoms with E-state index in [0.717, 1.165) is 0 Å². The fourth-order valence-corrected chi connectivity index (χ4v) is 1.97. The van der Waals surface area contributed by atoms with Crippen molar-refractivity contribution in [1.29, 1.82) is 0 Å². The van der Waals surface area contributed by atoms with Gasteiger partial charge in [-0.15, -0.1) is 0 Å². The minimum absolute atomic E-state index is 0.00637. The molecule has 0 aromatic carbocycles. The molecule has 0 aliphatic carbocycles. The predicted octanol–water partition coefficient (Wildman–Crippen LogP) is -3.00. The van der Waals surface area contributed by atoms with E-state index in [0.29, 0.717) is 0 Å². The molecule has 154 valence electrons. The minimum atomic E-state index is -1.52. The topological polar surface area (TPSA) is 208 Å². The van der Waals surface area contributed by atoms with Gasteiger partial charge in [0.15, 0.2) is 0 Å². The molecule has 0 aliphatic heterocycles. The van der Waals surface area contributed by atoms with Gasteiger partial charge in [-0.1, -0.05) is 13.8 Å². The van der Waals surface area contributed by atoms with Crippen molar-refractivity contribution in [3.8, 4) is 0 Å². The van der Waals surface area contributed by atoms with Crippen LogP contribution >= 0.6 is 0 Å². The Morgan fingerprint density at radius 1 is 0.963 bits per heavy atom. The number of amides is 3. The Kier molecular flexibility index (Phi) is 10.6. The van der Waals surface area contributed by atoms with Crippen molar-refractivity contribution in [2.45, 2.75) is 44.8 Å². The fraction of sp³-hybridized carbons (Fsp3) is 0.667. The van der Waals surface area contributed by atoms with Gasteiger partial charge >= 0.3 is 11.9 Å². The molecule has 0 aromatic rings. The first kappa shape index (κ1) is 24.3. The van der Waals surface area contributed by atoms with E-state index < -0.39 is 67.4 Å². The van der Waals surface area contributed by atoms with Crippen LogP contribution in [-0.2, 0) is 24.0 Å². The monoisotopic (exact) mass is 390 g/mol. The molecule has 0 rings (SSSR count). The Morgan fingerprint density at radius 2 is 1.56 bits per heavy atom. The van der Waals surface area contributed by atoms with Crippen LogP contribution in [0.15, 0.2) is 0 Å². The highest BCUT2D eigenvalue weighted by molar-refractivity contribution is 5.94. The van der Waals surface area contributed by atoms with Gasteiger partial charge in [-0.2, -0.15) is 0 Å². The molecule has 3 unspecified atom stereocenters. The van der Waals surface area contributed by atoms with E-state index in [1.54, 1.807) is 13.8 Å². The minimum Gasteiger partial charge on any atom is -0.481 e. The van der Waals surface area contributed by atoms with Crippen LogP contribution in [-0.4, -0.2) is 76.3 Å².